The third-order valence-electron chi connectivity index (χ3n) is 3.28. The SMILES string of the molecule is CCNC(=NCc1ccco1)NCC(c1cccs1)N(C)C.I. The molecule has 2 aromatic heterocycles. The van der Waals surface area contributed by atoms with Crippen LogP contribution in [-0.2, 0) is 6.54 Å². The van der Waals surface area contributed by atoms with Crippen molar-refractivity contribution < 1.29 is 4.42 Å². The Morgan fingerprint density at radius 3 is 2.70 bits per heavy atom. The number of rotatable bonds is 7. The summed E-state index contributed by atoms with van der Waals surface area (Å²) in [5.74, 6) is 1.67. The van der Waals surface area contributed by atoms with Gasteiger partial charge in [-0.05, 0) is 44.6 Å². The number of aliphatic imine (C=N–C) groups is 1. The normalized spacial score (nSPS) is 12.8. The van der Waals surface area contributed by atoms with Gasteiger partial charge < -0.3 is 20.0 Å². The number of thiophene rings is 1. The summed E-state index contributed by atoms with van der Waals surface area (Å²) < 4.78 is 5.32. The number of hydrogen-bond acceptors (Lipinski definition) is 4. The third-order valence-corrected chi connectivity index (χ3v) is 4.25. The van der Waals surface area contributed by atoms with Crippen molar-refractivity contribution in [1.82, 2.24) is 15.5 Å². The minimum absolute atomic E-state index is 0. The van der Waals surface area contributed by atoms with Gasteiger partial charge in [0, 0.05) is 18.0 Å². The first kappa shape index (κ1) is 20.0. The van der Waals surface area contributed by atoms with Crippen LogP contribution in [0.4, 0.5) is 0 Å². The summed E-state index contributed by atoms with van der Waals surface area (Å²) >= 11 is 1.78. The average molecular weight is 448 g/mol. The molecule has 0 aliphatic carbocycles. The number of nitrogens with zero attached hydrogens (tertiary/aromatic N) is 2. The lowest BCUT2D eigenvalue weighted by molar-refractivity contribution is 0.302. The molecule has 128 valence electrons. The highest BCUT2D eigenvalue weighted by molar-refractivity contribution is 14.0. The maximum atomic E-state index is 5.32. The van der Waals surface area contributed by atoms with Gasteiger partial charge in [-0.1, -0.05) is 6.07 Å². The minimum atomic E-state index is 0. The molecule has 0 saturated heterocycles. The van der Waals surface area contributed by atoms with Crippen LogP contribution in [0.25, 0.3) is 0 Å². The van der Waals surface area contributed by atoms with E-state index in [1.807, 2.05) is 12.1 Å². The zero-order valence-corrected chi connectivity index (χ0v) is 16.9. The molecule has 0 aliphatic heterocycles. The summed E-state index contributed by atoms with van der Waals surface area (Å²) in [6, 6.07) is 8.40. The van der Waals surface area contributed by atoms with Gasteiger partial charge in [0.15, 0.2) is 5.96 Å². The standard InChI is InChI=1S/C16H24N4OS.HI/c1-4-17-16(18-11-13-7-5-9-21-13)19-12-14(20(2)3)15-8-6-10-22-15;/h5-10,14H,4,11-12H2,1-3H3,(H2,17,18,19);1H. The third kappa shape index (κ3) is 6.52. The Morgan fingerprint density at radius 2 is 2.13 bits per heavy atom. The van der Waals surface area contributed by atoms with Gasteiger partial charge in [-0.2, -0.15) is 0 Å². The first-order valence-electron chi connectivity index (χ1n) is 7.45. The molecule has 1 unspecified atom stereocenters. The average Bonchev–Trinajstić information content (AvgIpc) is 3.18. The number of halogens is 1. The van der Waals surface area contributed by atoms with Gasteiger partial charge in [0.1, 0.15) is 12.3 Å². The van der Waals surface area contributed by atoms with E-state index in [0.717, 1.165) is 24.8 Å². The summed E-state index contributed by atoms with van der Waals surface area (Å²) in [6.07, 6.45) is 1.67. The van der Waals surface area contributed by atoms with Gasteiger partial charge in [0.25, 0.3) is 0 Å². The van der Waals surface area contributed by atoms with E-state index in [1.165, 1.54) is 4.88 Å². The van der Waals surface area contributed by atoms with Crippen LogP contribution in [-0.4, -0.2) is 38.0 Å². The molecule has 2 N–H and O–H groups in total. The fraction of sp³-hybridized carbons (Fsp3) is 0.438. The highest BCUT2D eigenvalue weighted by Gasteiger charge is 2.15. The van der Waals surface area contributed by atoms with Crippen LogP contribution in [0.5, 0.6) is 0 Å². The fourth-order valence-electron chi connectivity index (χ4n) is 2.11. The maximum absolute atomic E-state index is 5.32. The van der Waals surface area contributed by atoms with Crippen LogP contribution in [0.2, 0.25) is 0 Å². The molecule has 2 aromatic rings. The predicted octanol–water partition coefficient (Wildman–Crippen LogP) is 3.32. The molecule has 0 fully saturated rings. The summed E-state index contributed by atoms with van der Waals surface area (Å²) in [5.41, 5.74) is 0. The van der Waals surface area contributed by atoms with E-state index in [9.17, 15) is 0 Å². The van der Waals surface area contributed by atoms with Crippen LogP contribution in [0.1, 0.15) is 23.6 Å². The van der Waals surface area contributed by atoms with Crippen molar-refractivity contribution >= 4 is 41.3 Å². The Balaban J connectivity index is 0.00000264. The quantitative estimate of drug-likeness (QED) is 0.388. The molecule has 0 spiro atoms. The number of hydrogen-bond donors (Lipinski definition) is 2. The van der Waals surface area contributed by atoms with Gasteiger partial charge in [-0.3, -0.25) is 0 Å². The molecule has 5 nitrogen and oxygen atoms in total. The first-order valence-corrected chi connectivity index (χ1v) is 8.33. The van der Waals surface area contributed by atoms with Crippen LogP contribution in [0, 0.1) is 0 Å². The van der Waals surface area contributed by atoms with Gasteiger partial charge >= 0.3 is 0 Å². The number of nitrogens with one attached hydrogen (secondary N) is 2. The molecule has 1 atom stereocenters. The maximum Gasteiger partial charge on any atom is 0.191 e. The van der Waals surface area contributed by atoms with Crippen molar-refractivity contribution in [3.63, 3.8) is 0 Å². The molecule has 0 aliphatic rings. The van der Waals surface area contributed by atoms with Crippen molar-refractivity contribution in [2.75, 3.05) is 27.2 Å². The number of furan rings is 1. The molecule has 0 radical (unpaired) electrons. The lowest BCUT2D eigenvalue weighted by atomic mass is 10.2. The molecule has 2 rings (SSSR count). The van der Waals surface area contributed by atoms with E-state index >= 15 is 0 Å². The van der Waals surface area contributed by atoms with Crippen molar-refractivity contribution in [3.8, 4) is 0 Å². The minimum Gasteiger partial charge on any atom is -0.467 e. The first-order chi connectivity index (χ1) is 10.7. The Morgan fingerprint density at radius 1 is 1.30 bits per heavy atom. The molecule has 0 amide bonds. The zero-order chi connectivity index (χ0) is 15.8. The highest BCUT2D eigenvalue weighted by atomic mass is 127. The van der Waals surface area contributed by atoms with Crippen molar-refractivity contribution in [2.45, 2.75) is 19.5 Å². The lowest BCUT2D eigenvalue weighted by Crippen LogP contribution is -2.41. The fourth-order valence-corrected chi connectivity index (χ4v) is 3.04. The number of guanidine groups is 1. The van der Waals surface area contributed by atoms with Crippen molar-refractivity contribution in [2.24, 2.45) is 4.99 Å². The lowest BCUT2D eigenvalue weighted by Gasteiger charge is -2.24. The van der Waals surface area contributed by atoms with E-state index < -0.39 is 0 Å². The van der Waals surface area contributed by atoms with Crippen molar-refractivity contribution in [1.29, 1.82) is 0 Å². The molecule has 2 heterocycles. The molecule has 23 heavy (non-hydrogen) atoms. The summed E-state index contributed by atoms with van der Waals surface area (Å²) in [7, 11) is 4.19. The van der Waals surface area contributed by atoms with Gasteiger partial charge in [0.2, 0.25) is 0 Å². The molecule has 0 bridgehead atoms. The monoisotopic (exact) mass is 448 g/mol. The number of likely N-dealkylation sites (N-methyl/N-ethyl adjacent to an activating group) is 1. The molecule has 7 heteroatoms. The predicted molar refractivity (Wildman–Crippen MR) is 108 cm³/mol. The van der Waals surface area contributed by atoms with Crippen LogP contribution < -0.4 is 10.6 Å². The zero-order valence-electron chi connectivity index (χ0n) is 13.8. The van der Waals surface area contributed by atoms with Crippen LogP contribution >= 0.6 is 35.3 Å². The Bertz CT molecular complexity index is 555. The molecular weight excluding hydrogens is 423 g/mol. The second kappa shape index (κ2) is 10.7. The Kier molecular flexibility index (Phi) is 9.27. The Labute approximate surface area is 159 Å². The molecule has 0 aromatic carbocycles. The molecule has 0 saturated carbocycles. The summed E-state index contributed by atoms with van der Waals surface area (Å²) in [4.78, 5) is 8.12. The van der Waals surface area contributed by atoms with Gasteiger partial charge in [-0.25, -0.2) is 4.99 Å². The van der Waals surface area contributed by atoms with E-state index in [0.29, 0.717) is 12.6 Å². The highest BCUT2D eigenvalue weighted by Crippen LogP contribution is 2.22. The van der Waals surface area contributed by atoms with E-state index in [1.54, 1.807) is 17.6 Å². The topological polar surface area (TPSA) is 52.8 Å². The smallest absolute Gasteiger partial charge is 0.191 e. The van der Waals surface area contributed by atoms with E-state index in [4.69, 9.17) is 4.42 Å². The van der Waals surface area contributed by atoms with Gasteiger partial charge in [0.05, 0.1) is 12.3 Å². The second-order valence-corrected chi connectivity index (χ2v) is 6.13. The van der Waals surface area contributed by atoms with Crippen LogP contribution in [0.3, 0.4) is 0 Å². The molecular formula is C16H25IN4OS. The second-order valence-electron chi connectivity index (χ2n) is 5.15. The van der Waals surface area contributed by atoms with Gasteiger partial charge in [-0.15, -0.1) is 35.3 Å². The largest absolute Gasteiger partial charge is 0.467 e. The Hall–Kier alpha value is -1.06. The van der Waals surface area contributed by atoms with E-state index in [-0.39, 0.29) is 24.0 Å². The van der Waals surface area contributed by atoms with Crippen LogP contribution in [0.15, 0.2) is 45.3 Å². The van der Waals surface area contributed by atoms with E-state index in [2.05, 4.69) is 59.1 Å². The summed E-state index contributed by atoms with van der Waals surface area (Å²) in [6.45, 7) is 4.23. The summed E-state index contributed by atoms with van der Waals surface area (Å²) in [5, 5.41) is 8.79. The van der Waals surface area contributed by atoms with Crippen molar-refractivity contribution in [3.05, 3.63) is 46.5 Å².